The summed E-state index contributed by atoms with van der Waals surface area (Å²) >= 11 is 0. The Morgan fingerprint density at radius 3 is 2.53 bits per heavy atom. The van der Waals surface area contributed by atoms with Crippen LogP contribution in [0, 0.1) is 0 Å². The van der Waals surface area contributed by atoms with Gasteiger partial charge in [-0.25, -0.2) is 0 Å². The first-order chi connectivity index (χ1) is 7.22. The van der Waals surface area contributed by atoms with Crippen LogP contribution in [0.15, 0.2) is 43.0 Å². The van der Waals surface area contributed by atoms with Gasteiger partial charge in [-0.15, -0.1) is 0 Å². The topological polar surface area (TPSA) is 46.2 Å². The highest BCUT2D eigenvalue weighted by Gasteiger charge is 2.04. The molecule has 0 unspecified atom stereocenters. The standard InChI is InChI=1S/C12H13NO2/c1-2-11(14)13-12(15)9-8-10-6-4-3-5-7-10/h2-7H,1,8-9H2,(H,13,14,15). The highest BCUT2D eigenvalue weighted by molar-refractivity contribution is 6.00. The molecule has 0 bridgehead atoms. The molecule has 1 rings (SSSR count). The summed E-state index contributed by atoms with van der Waals surface area (Å²) in [5, 5.41) is 2.20. The number of carbonyl (C=O) groups excluding carboxylic acids is 2. The van der Waals surface area contributed by atoms with Crippen LogP contribution >= 0.6 is 0 Å². The lowest BCUT2D eigenvalue weighted by molar-refractivity contribution is -0.127. The molecule has 0 fully saturated rings. The summed E-state index contributed by atoms with van der Waals surface area (Å²) in [6, 6.07) is 9.65. The molecular formula is C12H13NO2. The molecule has 0 saturated heterocycles. The van der Waals surface area contributed by atoms with Crippen LogP contribution in [0.5, 0.6) is 0 Å². The minimum Gasteiger partial charge on any atom is -0.293 e. The van der Waals surface area contributed by atoms with Crippen molar-refractivity contribution in [3.63, 3.8) is 0 Å². The highest BCUT2D eigenvalue weighted by Crippen LogP contribution is 2.01. The van der Waals surface area contributed by atoms with Gasteiger partial charge in [0, 0.05) is 6.42 Å². The van der Waals surface area contributed by atoms with Crippen LogP contribution in [0.1, 0.15) is 12.0 Å². The van der Waals surface area contributed by atoms with Crippen molar-refractivity contribution >= 4 is 11.8 Å². The fraction of sp³-hybridized carbons (Fsp3) is 0.167. The molecule has 2 amide bonds. The largest absolute Gasteiger partial charge is 0.293 e. The van der Waals surface area contributed by atoms with Gasteiger partial charge >= 0.3 is 0 Å². The van der Waals surface area contributed by atoms with E-state index >= 15 is 0 Å². The van der Waals surface area contributed by atoms with Gasteiger partial charge in [-0.1, -0.05) is 36.9 Å². The smallest absolute Gasteiger partial charge is 0.249 e. The second-order valence-electron chi connectivity index (χ2n) is 3.10. The van der Waals surface area contributed by atoms with Crippen LogP contribution in [-0.4, -0.2) is 11.8 Å². The van der Waals surface area contributed by atoms with Crippen LogP contribution < -0.4 is 5.32 Å². The Morgan fingerprint density at radius 1 is 1.27 bits per heavy atom. The Kier molecular flexibility index (Phi) is 4.29. The second-order valence-corrected chi connectivity index (χ2v) is 3.10. The van der Waals surface area contributed by atoms with Crippen LogP contribution in [0.2, 0.25) is 0 Å². The summed E-state index contributed by atoms with van der Waals surface area (Å²) in [6.07, 6.45) is 2.03. The Labute approximate surface area is 88.8 Å². The number of rotatable bonds is 4. The third-order valence-electron chi connectivity index (χ3n) is 1.93. The van der Waals surface area contributed by atoms with Crippen molar-refractivity contribution in [1.29, 1.82) is 0 Å². The van der Waals surface area contributed by atoms with Crippen LogP contribution in [-0.2, 0) is 16.0 Å². The van der Waals surface area contributed by atoms with Crippen molar-refractivity contribution in [2.24, 2.45) is 0 Å². The first-order valence-corrected chi connectivity index (χ1v) is 4.72. The molecule has 0 aliphatic carbocycles. The van der Waals surface area contributed by atoms with Gasteiger partial charge in [-0.05, 0) is 18.1 Å². The minimum atomic E-state index is -0.451. The van der Waals surface area contributed by atoms with Gasteiger partial charge in [0.15, 0.2) is 0 Å². The van der Waals surface area contributed by atoms with E-state index in [1.54, 1.807) is 0 Å². The van der Waals surface area contributed by atoms with Crippen molar-refractivity contribution in [1.82, 2.24) is 5.32 Å². The summed E-state index contributed by atoms with van der Waals surface area (Å²) in [5.74, 6) is -0.725. The van der Waals surface area contributed by atoms with Crippen molar-refractivity contribution in [2.45, 2.75) is 12.8 Å². The number of hydrogen-bond donors (Lipinski definition) is 1. The molecule has 1 N–H and O–H groups in total. The number of nitrogens with one attached hydrogen (secondary N) is 1. The lowest BCUT2D eigenvalue weighted by Gasteiger charge is -2.01. The maximum absolute atomic E-state index is 11.2. The lowest BCUT2D eigenvalue weighted by atomic mass is 10.1. The molecule has 0 aromatic heterocycles. The predicted molar refractivity (Wildman–Crippen MR) is 58.1 cm³/mol. The summed E-state index contributed by atoms with van der Waals surface area (Å²) in [4.78, 5) is 22.0. The van der Waals surface area contributed by atoms with E-state index in [2.05, 4.69) is 11.9 Å². The molecule has 1 aromatic carbocycles. The average Bonchev–Trinajstić information content (AvgIpc) is 2.27. The number of aryl methyl sites for hydroxylation is 1. The molecule has 0 saturated carbocycles. The summed E-state index contributed by atoms with van der Waals surface area (Å²) in [7, 11) is 0. The minimum absolute atomic E-state index is 0.274. The van der Waals surface area contributed by atoms with Crippen LogP contribution in [0.25, 0.3) is 0 Å². The van der Waals surface area contributed by atoms with Gasteiger partial charge < -0.3 is 0 Å². The number of amides is 2. The molecule has 1 aromatic rings. The van der Waals surface area contributed by atoms with E-state index in [0.29, 0.717) is 12.8 Å². The number of carbonyl (C=O) groups is 2. The molecule has 0 radical (unpaired) electrons. The average molecular weight is 203 g/mol. The fourth-order valence-corrected chi connectivity index (χ4v) is 1.15. The third-order valence-corrected chi connectivity index (χ3v) is 1.93. The Balaban J connectivity index is 2.35. The van der Waals surface area contributed by atoms with Crippen LogP contribution in [0.4, 0.5) is 0 Å². The van der Waals surface area contributed by atoms with Crippen molar-refractivity contribution < 1.29 is 9.59 Å². The van der Waals surface area contributed by atoms with E-state index in [-0.39, 0.29) is 5.91 Å². The SMILES string of the molecule is C=CC(=O)NC(=O)CCc1ccccc1. The maximum Gasteiger partial charge on any atom is 0.249 e. The summed E-state index contributed by atoms with van der Waals surface area (Å²) < 4.78 is 0. The van der Waals surface area contributed by atoms with Crippen LogP contribution in [0.3, 0.4) is 0 Å². The lowest BCUT2D eigenvalue weighted by Crippen LogP contribution is -2.28. The third kappa shape index (κ3) is 4.22. The van der Waals surface area contributed by atoms with E-state index in [9.17, 15) is 9.59 Å². The Hall–Kier alpha value is -1.90. The van der Waals surface area contributed by atoms with E-state index < -0.39 is 5.91 Å². The monoisotopic (exact) mass is 203 g/mol. The van der Waals surface area contributed by atoms with E-state index in [4.69, 9.17) is 0 Å². The molecule has 0 atom stereocenters. The van der Waals surface area contributed by atoms with Gasteiger partial charge in [-0.3, -0.25) is 14.9 Å². The van der Waals surface area contributed by atoms with E-state index in [1.165, 1.54) is 0 Å². The molecule has 0 aliphatic heterocycles. The Bertz CT molecular complexity index is 357. The molecule has 0 heterocycles. The highest BCUT2D eigenvalue weighted by atomic mass is 16.2. The fourth-order valence-electron chi connectivity index (χ4n) is 1.15. The first-order valence-electron chi connectivity index (χ1n) is 4.72. The van der Waals surface area contributed by atoms with Gasteiger partial charge in [0.25, 0.3) is 0 Å². The summed E-state index contributed by atoms with van der Waals surface area (Å²) in [5.41, 5.74) is 1.08. The molecule has 78 valence electrons. The number of imide groups is 1. The molecular weight excluding hydrogens is 190 g/mol. The first kappa shape index (κ1) is 11.2. The number of hydrogen-bond acceptors (Lipinski definition) is 2. The molecule has 0 aliphatic rings. The molecule has 0 spiro atoms. The zero-order valence-corrected chi connectivity index (χ0v) is 8.40. The second kappa shape index (κ2) is 5.75. The van der Waals surface area contributed by atoms with Crippen molar-refractivity contribution in [3.8, 4) is 0 Å². The van der Waals surface area contributed by atoms with Gasteiger partial charge in [0.05, 0.1) is 0 Å². The molecule has 3 heteroatoms. The van der Waals surface area contributed by atoms with Gasteiger partial charge in [0.2, 0.25) is 11.8 Å². The summed E-state index contributed by atoms with van der Waals surface area (Å²) in [6.45, 7) is 3.27. The molecule has 15 heavy (non-hydrogen) atoms. The van der Waals surface area contributed by atoms with Crippen molar-refractivity contribution in [3.05, 3.63) is 48.6 Å². The zero-order chi connectivity index (χ0) is 11.1. The maximum atomic E-state index is 11.2. The van der Waals surface area contributed by atoms with Gasteiger partial charge in [-0.2, -0.15) is 0 Å². The zero-order valence-electron chi connectivity index (χ0n) is 8.40. The predicted octanol–water partition coefficient (Wildman–Crippen LogP) is 1.45. The quantitative estimate of drug-likeness (QED) is 0.753. The normalized spacial score (nSPS) is 9.33. The Morgan fingerprint density at radius 2 is 1.93 bits per heavy atom. The van der Waals surface area contributed by atoms with E-state index in [1.807, 2.05) is 30.3 Å². The van der Waals surface area contributed by atoms with Gasteiger partial charge in [0.1, 0.15) is 0 Å². The van der Waals surface area contributed by atoms with E-state index in [0.717, 1.165) is 11.6 Å². The van der Waals surface area contributed by atoms with Crippen molar-refractivity contribution in [2.75, 3.05) is 0 Å². The molecule has 3 nitrogen and oxygen atoms in total. The number of benzene rings is 1.